The second kappa shape index (κ2) is 8.66. The molecule has 1 unspecified atom stereocenters. The quantitative estimate of drug-likeness (QED) is 0.506. The minimum Gasteiger partial charge on any atom is -0.342 e. The molecule has 33 heavy (non-hydrogen) atoms. The van der Waals surface area contributed by atoms with Gasteiger partial charge in [0.25, 0.3) is 0 Å². The molecule has 2 aliphatic rings. The molecule has 0 saturated carbocycles. The van der Waals surface area contributed by atoms with Gasteiger partial charge in [-0.15, -0.1) is 0 Å². The smallest absolute Gasteiger partial charge is 0.206 e. The number of piperidine rings is 1. The van der Waals surface area contributed by atoms with Crippen molar-refractivity contribution >= 4 is 28.0 Å². The predicted octanol–water partition coefficient (Wildman–Crippen LogP) is 5.96. The number of benzene rings is 2. The number of likely N-dealkylation sites (N-methyl/N-ethyl adjacent to an activating group) is 1. The third kappa shape index (κ3) is 3.95. The third-order valence-corrected chi connectivity index (χ3v) is 6.64. The molecule has 0 amide bonds. The van der Waals surface area contributed by atoms with Crippen molar-refractivity contribution in [2.24, 2.45) is 10.9 Å². The molecule has 0 bridgehead atoms. The summed E-state index contributed by atoms with van der Waals surface area (Å²) in [6.07, 6.45) is 7.65. The number of hydrogen-bond donors (Lipinski definition) is 0. The van der Waals surface area contributed by atoms with Crippen LogP contribution in [0.4, 0.5) is 4.39 Å². The predicted molar refractivity (Wildman–Crippen MR) is 134 cm³/mol. The van der Waals surface area contributed by atoms with Crippen LogP contribution < -0.4 is 0 Å². The average molecular weight is 439 g/mol. The molecule has 0 radical (unpaired) electrons. The van der Waals surface area contributed by atoms with Gasteiger partial charge in [0.05, 0.1) is 5.70 Å². The van der Waals surface area contributed by atoms with Crippen LogP contribution >= 0.6 is 0 Å². The molecule has 0 aliphatic carbocycles. The van der Waals surface area contributed by atoms with Crippen molar-refractivity contribution in [1.29, 1.82) is 0 Å². The van der Waals surface area contributed by atoms with Crippen molar-refractivity contribution < 1.29 is 4.39 Å². The minimum absolute atomic E-state index is 0.195. The summed E-state index contributed by atoms with van der Waals surface area (Å²) in [7, 11) is 2.01. The molecule has 5 heteroatoms. The summed E-state index contributed by atoms with van der Waals surface area (Å²) in [5, 5.41) is 1.56. The third-order valence-electron chi connectivity index (χ3n) is 6.64. The number of pyridine rings is 1. The zero-order valence-electron chi connectivity index (χ0n) is 18.8. The topological polar surface area (TPSA) is 31.7 Å². The van der Waals surface area contributed by atoms with E-state index in [9.17, 15) is 4.39 Å². The molecule has 1 saturated heterocycles. The normalized spacial score (nSPS) is 18.8. The van der Waals surface area contributed by atoms with Gasteiger partial charge < -0.3 is 9.80 Å². The summed E-state index contributed by atoms with van der Waals surface area (Å²) >= 11 is 0. The van der Waals surface area contributed by atoms with Crippen LogP contribution in [0.25, 0.3) is 22.0 Å². The lowest BCUT2D eigenvalue weighted by molar-refractivity contribution is 0.275. The van der Waals surface area contributed by atoms with Gasteiger partial charge in [-0.25, -0.2) is 9.38 Å². The van der Waals surface area contributed by atoms with Crippen LogP contribution in [0.1, 0.15) is 24.0 Å². The number of allylic oxidation sites excluding steroid dienone is 1. The van der Waals surface area contributed by atoms with Crippen molar-refractivity contribution in [3.8, 4) is 0 Å². The lowest BCUT2D eigenvalue weighted by Gasteiger charge is -2.40. The number of guanidine groups is 1. The Balaban J connectivity index is 1.44. The molecule has 1 fully saturated rings. The zero-order valence-corrected chi connectivity index (χ0v) is 18.8. The summed E-state index contributed by atoms with van der Waals surface area (Å²) in [5.41, 5.74) is 4.89. The van der Waals surface area contributed by atoms with Gasteiger partial charge in [-0.3, -0.25) is 4.98 Å². The molecule has 2 aliphatic heterocycles. The molecule has 2 aromatic carbocycles. The molecule has 3 heterocycles. The Morgan fingerprint density at radius 2 is 1.82 bits per heavy atom. The van der Waals surface area contributed by atoms with Crippen LogP contribution in [0.15, 0.2) is 90.8 Å². The average Bonchev–Trinajstić information content (AvgIpc) is 2.86. The van der Waals surface area contributed by atoms with E-state index in [1.165, 1.54) is 0 Å². The van der Waals surface area contributed by atoms with E-state index in [1.807, 2.05) is 60.5 Å². The number of aliphatic imine (C=N–C) groups is 1. The van der Waals surface area contributed by atoms with Gasteiger partial charge in [0, 0.05) is 55.1 Å². The summed E-state index contributed by atoms with van der Waals surface area (Å²) in [4.78, 5) is 13.5. The Morgan fingerprint density at radius 3 is 2.61 bits per heavy atom. The van der Waals surface area contributed by atoms with Gasteiger partial charge in [0.15, 0.2) is 0 Å². The number of nitrogens with zero attached hydrogens (tertiary/aromatic N) is 4. The Kier molecular flexibility index (Phi) is 5.55. The molecule has 1 aromatic heterocycles. The van der Waals surface area contributed by atoms with E-state index in [-0.39, 0.29) is 11.7 Å². The van der Waals surface area contributed by atoms with Gasteiger partial charge in [-0.2, -0.15) is 0 Å². The molecule has 0 spiro atoms. The van der Waals surface area contributed by atoms with Crippen LogP contribution in [-0.2, 0) is 0 Å². The number of rotatable bonds is 3. The van der Waals surface area contributed by atoms with Crippen molar-refractivity contribution in [2.75, 3.05) is 20.1 Å². The lowest BCUT2D eigenvalue weighted by Crippen LogP contribution is -2.47. The molecule has 3 aromatic rings. The molecular formula is C28H27FN4. The van der Waals surface area contributed by atoms with Crippen molar-refractivity contribution in [3.05, 3.63) is 103 Å². The van der Waals surface area contributed by atoms with Gasteiger partial charge >= 0.3 is 0 Å². The van der Waals surface area contributed by atoms with Crippen LogP contribution in [0, 0.1) is 11.7 Å². The van der Waals surface area contributed by atoms with Gasteiger partial charge in [-0.05, 0) is 53.6 Å². The standard InChI is InChI=1S/C28H27FN4/c1-19-17-27(21-12-14-30-15-13-21)31-28(32(19)3)33-16-6-7-22(18-33)20(2)23-10-11-26(29)25-9-5-4-8-24(23)25/h4-5,8-15,17,22H,1-2,6-7,16,18H2,3H3. The molecule has 1 atom stereocenters. The fourth-order valence-corrected chi connectivity index (χ4v) is 4.76. The Hall–Kier alpha value is -3.73. The number of fused-ring (bicyclic) bond motifs is 1. The number of likely N-dealkylation sites (tertiary alicyclic amines) is 1. The molecule has 5 rings (SSSR count). The maximum absolute atomic E-state index is 14.4. The summed E-state index contributed by atoms with van der Waals surface area (Å²) in [6.45, 7) is 10.4. The van der Waals surface area contributed by atoms with Crippen molar-refractivity contribution in [2.45, 2.75) is 12.8 Å². The van der Waals surface area contributed by atoms with Crippen molar-refractivity contribution in [1.82, 2.24) is 14.8 Å². The Labute approximate surface area is 194 Å². The highest BCUT2D eigenvalue weighted by Gasteiger charge is 2.29. The number of hydrogen-bond acceptors (Lipinski definition) is 4. The van der Waals surface area contributed by atoms with Crippen LogP contribution in [0.3, 0.4) is 0 Å². The van der Waals surface area contributed by atoms with Gasteiger partial charge in [0.1, 0.15) is 5.82 Å². The largest absolute Gasteiger partial charge is 0.342 e. The highest BCUT2D eigenvalue weighted by Crippen LogP contribution is 2.35. The maximum atomic E-state index is 14.4. The Morgan fingerprint density at radius 1 is 1.06 bits per heavy atom. The van der Waals surface area contributed by atoms with Gasteiger partial charge in [-0.1, -0.05) is 43.5 Å². The molecule has 166 valence electrons. The van der Waals surface area contributed by atoms with Crippen LogP contribution in [-0.4, -0.2) is 40.9 Å². The monoisotopic (exact) mass is 438 g/mol. The molecule has 4 nitrogen and oxygen atoms in total. The fourth-order valence-electron chi connectivity index (χ4n) is 4.76. The second-order valence-electron chi connectivity index (χ2n) is 8.68. The van der Waals surface area contributed by atoms with Crippen LogP contribution in [0.2, 0.25) is 0 Å². The first-order valence-corrected chi connectivity index (χ1v) is 11.3. The van der Waals surface area contributed by atoms with E-state index in [4.69, 9.17) is 4.99 Å². The first kappa shape index (κ1) is 21.1. The van der Waals surface area contributed by atoms with E-state index >= 15 is 0 Å². The second-order valence-corrected chi connectivity index (χ2v) is 8.68. The SMILES string of the molecule is C=C(c1ccc(F)c2ccccc12)C1CCCN(C2=NC(c3ccncc3)=CC(=C)N2C)C1. The van der Waals surface area contributed by atoms with Crippen molar-refractivity contribution in [3.63, 3.8) is 0 Å². The minimum atomic E-state index is -0.195. The van der Waals surface area contributed by atoms with E-state index in [1.54, 1.807) is 18.5 Å². The first-order valence-electron chi connectivity index (χ1n) is 11.3. The van der Waals surface area contributed by atoms with E-state index in [0.717, 1.165) is 65.4 Å². The number of halogens is 1. The molecule has 0 N–H and O–H groups in total. The first-order chi connectivity index (χ1) is 16.0. The molecular weight excluding hydrogens is 411 g/mol. The summed E-state index contributed by atoms with van der Waals surface area (Å²) in [5.74, 6) is 0.961. The lowest BCUT2D eigenvalue weighted by atomic mass is 9.85. The van der Waals surface area contributed by atoms with E-state index in [0.29, 0.717) is 5.39 Å². The zero-order chi connectivity index (χ0) is 22.9. The number of aromatic nitrogens is 1. The highest BCUT2D eigenvalue weighted by molar-refractivity contribution is 5.95. The fraction of sp³-hybridized carbons (Fsp3) is 0.214. The van der Waals surface area contributed by atoms with Crippen LogP contribution in [0.5, 0.6) is 0 Å². The summed E-state index contributed by atoms with van der Waals surface area (Å²) in [6, 6.07) is 15.0. The van der Waals surface area contributed by atoms with Gasteiger partial charge in [0.2, 0.25) is 5.96 Å². The highest BCUT2D eigenvalue weighted by atomic mass is 19.1. The Bertz CT molecular complexity index is 1290. The maximum Gasteiger partial charge on any atom is 0.206 e. The van der Waals surface area contributed by atoms with E-state index < -0.39 is 0 Å². The van der Waals surface area contributed by atoms with E-state index in [2.05, 4.69) is 23.0 Å². The summed E-state index contributed by atoms with van der Waals surface area (Å²) < 4.78 is 14.4.